The largest absolute Gasteiger partial charge is 0.392 e. The topological polar surface area (TPSA) is 20.2 Å². The number of aliphatic hydroxyl groups excluding tert-OH is 1. The van der Waals surface area contributed by atoms with Gasteiger partial charge in [0.2, 0.25) is 0 Å². The Morgan fingerprint density at radius 3 is 2.22 bits per heavy atom. The predicted octanol–water partition coefficient (Wildman–Crippen LogP) is 6.66. The van der Waals surface area contributed by atoms with Crippen molar-refractivity contribution in [2.45, 2.75) is 64.9 Å². The molecule has 0 bridgehead atoms. The van der Waals surface area contributed by atoms with Crippen LogP contribution in [0.1, 0.15) is 62.8 Å². The fraction of sp³-hybridized carbons (Fsp3) is 0.385. The lowest BCUT2D eigenvalue weighted by Gasteiger charge is -2.43. The number of hydrogen-bond donors (Lipinski definition) is 1. The van der Waals surface area contributed by atoms with Crippen molar-refractivity contribution in [3.05, 3.63) is 70.8 Å². The summed E-state index contributed by atoms with van der Waals surface area (Å²) in [6.45, 7) is 12.0. The summed E-state index contributed by atoms with van der Waals surface area (Å²) < 4.78 is 0. The van der Waals surface area contributed by atoms with Crippen molar-refractivity contribution < 1.29 is 5.11 Å². The summed E-state index contributed by atoms with van der Waals surface area (Å²) in [5.41, 5.74) is 8.54. The molecule has 1 nitrogen and oxygen atoms in total. The lowest BCUT2D eigenvalue weighted by molar-refractivity contribution is 0.282. The van der Waals surface area contributed by atoms with Gasteiger partial charge in [0.25, 0.3) is 0 Å². The Morgan fingerprint density at radius 1 is 0.815 bits per heavy atom. The van der Waals surface area contributed by atoms with E-state index in [9.17, 15) is 5.11 Å². The molecule has 4 rings (SSSR count). The average molecular weight is 359 g/mol. The first-order valence-corrected chi connectivity index (χ1v) is 10.0. The van der Waals surface area contributed by atoms with Gasteiger partial charge >= 0.3 is 0 Å². The summed E-state index contributed by atoms with van der Waals surface area (Å²) in [4.78, 5) is 0. The van der Waals surface area contributed by atoms with Gasteiger partial charge in [0.1, 0.15) is 0 Å². The monoisotopic (exact) mass is 358 g/mol. The highest BCUT2D eigenvalue weighted by Gasteiger charge is 2.38. The van der Waals surface area contributed by atoms with Gasteiger partial charge in [-0.25, -0.2) is 0 Å². The number of aliphatic hydroxyl groups is 1. The van der Waals surface area contributed by atoms with Gasteiger partial charge in [-0.15, -0.1) is 0 Å². The molecule has 0 aliphatic heterocycles. The van der Waals surface area contributed by atoms with Crippen LogP contribution in [0.15, 0.2) is 48.5 Å². The van der Waals surface area contributed by atoms with Gasteiger partial charge in [0.15, 0.2) is 0 Å². The average Bonchev–Trinajstić information content (AvgIpc) is 2.64. The summed E-state index contributed by atoms with van der Waals surface area (Å²) in [6, 6.07) is 17.6. The molecule has 1 aliphatic carbocycles. The maximum Gasteiger partial charge on any atom is 0.0682 e. The third-order valence-corrected chi connectivity index (χ3v) is 6.64. The second-order valence-electron chi connectivity index (χ2n) is 9.48. The number of fused-ring (bicyclic) bond motifs is 2. The van der Waals surface area contributed by atoms with Crippen LogP contribution in [0.3, 0.4) is 0 Å². The molecule has 3 aromatic carbocycles. The number of hydrogen-bond acceptors (Lipinski definition) is 1. The summed E-state index contributed by atoms with van der Waals surface area (Å²) in [5.74, 6) is 0. The molecule has 0 atom stereocenters. The van der Waals surface area contributed by atoms with E-state index in [-0.39, 0.29) is 17.4 Å². The van der Waals surface area contributed by atoms with Gasteiger partial charge in [-0.1, -0.05) is 64.1 Å². The normalized spacial score (nSPS) is 17.7. The van der Waals surface area contributed by atoms with Crippen molar-refractivity contribution in [2.75, 3.05) is 0 Å². The molecule has 0 heterocycles. The first-order chi connectivity index (χ1) is 12.7. The first kappa shape index (κ1) is 18.3. The highest BCUT2D eigenvalue weighted by molar-refractivity contribution is 5.88. The summed E-state index contributed by atoms with van der Waals surface area (Å²) in [5, 5.41) is 11.8. The lowest BCUT2D eigenvalue weighted by atomic mass is 9.61. The van der Waals surface area contributed by atoms with Crippen molar-refractivity contribution in [1.29, 1.82) is 0 Å². The fourth-order valence-electron chi connectivity index (χ4n) is 4.91. The molecule has 0 unspecified atom stereocenters. The van der Waals surface area contributed by atoms with Crippen LogP contribution >= 0.6 is 0 Å². The SMILES string of the molecule is Cc1c(-c2ccc3cc(CO)ccc3c2)ccc2c1C(C)(C)CCC2(C)C. The van der Waals surface area contributed by atoms with E-state index in [2.05, 4.69) is 77.1 Å². The molecule has 0 amide bonds. The summed E-state index contributed by atoms with van der Waals surface area (Å²) >= 11 is 0. The standard InChI is InChI=1S/C26H30O/c1-17-22(10-11-23-24(17)26(4,5)13-12-25(23,2)3)21-9-8-19-14-18(16-27)6-7-20(19)15-21/h6-11,14-15,27H,12-13,16H2,1-5H3. The Kier molecular flexibility index (Phi) is 4.20. The molecule has 27 heavy (non-hydrogen) atoms. The second kappa shape index (κ2) is 6.21. The Morgan fingerprint density at radius 2 is 1.48 bits per heavy atom. The van der Waals surface area contributed by atoms with Gasteiger partial charge in [-0.2, -0.15) is 0 Å². The Hall–Kier alpha value is -2.12. The van der Waals surface area contributed by atoms with Crippen molar-refractivity contribution in [2.24, 2.45) is 0 Å². The minimum Gasteiger partial charge on any atom is -0.392 e. The number of benzene rings is 3. The van der Waals surface area contributed by atoms with Crippen LogP contribution < -0.4 is 0 Å². The third-order valence-electron chi connectivity index (χ3n) is 6.64. The molecular weight excluding hydrogens is 328 g/mol. The smallest absolute Gasteiger partial charge is 0.0682 e. The molecule has 0 radical (unpaired) electrons. The molecule has 1 aliphatic rings. The van der Waals surface area contributed by atoms with Crippen LogP contribution in [0.4, 0.5) is 0 Å². The minimum absolute atomic E-state index is 0.0898. The van der Waals surface area contributed by atoms with E-state index in [0.717, 1.165) is 5.56 Å². The summed E-state index contributed by atoms with van der Waals surface area (Å²) in [7, 11) is 0. The van der Waals surface area contributed by atoms with E-state index in [4.69, 9.17) is 0 Å². The molecule has 3 aromatic rings. The lowest BCUT2D eigenvalue weighted by Crippen LogP contribution is -2.34. The number of rotatable bonds is 2. The highest BCUT2D eigenvalue weighted by atomic mass is 16.3. The maximum absolute atomic E-state index is 9.37. The molecule has 0 aromatic heterocycles. The van der Waals surface area contributed by atoms with E-state index >= 15 is 0 Å². The quantitative estimate of drug-likeness (QED) is 0.543. The van der Waals surface area contributed by atoms with Crippen LogP contribution in [0.25, 0.3) is 21.9 Å². The van der Waals surface area contributed by atoms with Crippen molar-refractivity contribution in [3.8, 4) is 11.1 Å². The van der Waals surface area contributed by atoms with E-state index in [1.54, 1.807) is 5.56 Å². The zero-order valence-electron chi connectivity index (χ0n) is 17.2. The van der Waals surface area contributed by atoms with E-state index in [1.807, 2.05) is 6.07 Å². The van der Waals surface area contributed by atoms with Crippen LogP contribution in [-0.4, -0.2) is 5.11 Å². The van der Waals surface area contributed by atoms with E-state index in [1.165, 1.54) is 45.9 Å². The predicted molar refractivity (Wildman–Crippen MR) is 115 cm³/mol. The molecule has 0 saturated heterocycles. The Balaban J connectivity index is 1.89. The van der Waals surface area contributed by atoms with Crippen molar-refractivity contribution in [1.82, 2.24) is 0 Å². The fourth-order valence-corrected chi connectivity index (χ4v) is 4.91. The maximum atomic E-state index is 9.37. The zero-order chi connectivity index (χ0) is 19.4. The van der Waals surface area contributed by atoms with Gasteiger partial charge in [-0.3, -0.25) is 0 Å². The van der Waals surface area contributed by atoms with E-state index < -0.39 is 0 Å². The van der Waals surface area contributed by atoms with Crippen LogP contribution in [0.5, 0.6) is 0 Å². The molecule has 1 heteroatoms. The van der Waals surface area contributed by atoms with Gasteiger partial charge in [0.05, 0.1) is 6.61 Å². The first-order valence-electron chi connectivity index (χ1n) is 10.0. The summed E-state index contributed by atoms with van der Waals surface area (Å²) in [6.07, 6.45) is 2.48. The Labute approximate surface area is 163 Å². The molecule has 0 spiro atoms. The Bertz CT molecular complexity index is 1020. The highest BCUT2D eigenvalue weighted by Crippen LogP contribution is 2.48. The minimum atomic E-state index is 0.0898. The van der Waals surface area contributed by atoms with Crippen molar-refractivity contribution in [3.63, 3.8) is 0 Å². The molecule has 1 N–H and O–H groups in total. The van der Waals surface area contributed by atoms with Gasteiger partial charge in [0, 0.05) is 0 Å². The molecule has 0 fully saturated rings. The molecule has 140 valence electrons. The van der Waals surface area contributed by atoms with Gasteiger partial charge < -0.3 is 5.11 Å². The zero-order valence-corrected chi connectivity index (χ0v) is 17.2. The van der Waals surface area contributed by atoms with Crippen LogP contribution in [0, 0.1) is 6.92 Å². The van der Waals surface area contributed by atoms with Crippen LogP contribution in [-0.2, 0) is 17.4 Å². The van der Waals surface area contributed by atoms with Crippen LogP contribution in [0.2, 0.25) is 0 Å². The van der Waals surface area contributed by atoms with Gasteiger partial charge in [-0.05, 0) is 86.9 Å². The van der Waals surface area contributed by atoms with E-state index in [0.29, 0.717) is 0 Å². The molecule has 0 saturated carbocycles. The van der Waals surface area contributed by atoms with Crippen molar-refractivity contribution >= 4 is 10.8 Å². The third kappa shape index (κ3) is 2.99. The molecular formula is C26H30O. The second-order valence-corrected chi connectivity index (χ2v) is 9.48.